The molecule has 0 aliphatic heterocycles. The monoisotopic (exact) mass is 379 g/mol. The Bertz CT molecular complexity index is 782. The van der Waals surface area contributed by atoms with Crippen LogP contribution in [0.2, 0.25) is 0 Å². The first-order valence-electron chi connectivity index (χ1n) is 8.04. The van der Waals surface area contributed by atoms with Gasteiger partial charge in [0.05, 0.1) is 18.1 Å². The van der Waals surface area contributed by atoms with Gasteiger partial charge < -0.3 is 25.7 Å². The molecule has 0 spiro atoms. The SMILES string of the molecule is CCOC(=O)c1sc(NC(=O)[C@@H]2CC=CC[C@H]2C(=O)[O-])c(C(N)=O)c1C. The van der Waals surface area contributed by atoms with Crippen LogP contribution in [0.3, 0.4) is 0 Å². The molecule has 2 amide bonds. The predicted molar refractivity (Wildman–Crippen MR) is 92.5 cm³/mol. The molecule has 1 aliphatic rings. The van der Waals surface area contributed by atoms with Crippen LogP contribution in [0.25, 0.3) is 0 Å². The van der Waals surface area contributed by atoms with Crippen LogP contribution in [-0.2, 0) is 14.3 Å². The highest BCUT2D eigenvalue weighted by molar-refractivity contribution is 7.18. The fourth-order valence-corrected chi connectivity index (χ4v) is 3.97. The Balaban J connectivity index is 2.33. The topological polar surface area (TPSA) is 139 Å². The number of carboxylic acid groups (broad SMARTS) is 1. The molecular formula is C17H19N2O6S-. The van der Waals surface area contributed by atoms with Crippen molar-refractivity contribution >= 4 is 40.1 Å². The van der Waals surface area contributed by atoms with Crippen LogP contribution >= 0.6 is 11.3 Å². The minimum Gasteiger partial charge on any atom is -0.550 e. The summed E-state index contributed by atoms with van der Waals surface area (Å²) in [6.07, 6.45) is 3.85. The number of carboxylic acids is 1. The quantitative estimate of drug-likeness (QED) is 0.548. The van der Waals surface area contributed by atoms with Crippen molar-refractivity contribution in [3.63, 3.8) is 0 Å². The van der Waals surface area contributed by atoms with E-state index < -0.39 is 35.6 Å². The Kier molecular flexibility index (Phi) is 6.14. The maximum absolute atomic E-state index is 12.6. The van der Waals surface area contributed by atoms with Crippen LogP contribution in [0.5, 0.6) is 0 Å². The first kappa shape index (κ1) is 19.6. The van der Waals surface area contributed by atoms with E-state index in [0.717, 1.165) is 11.3 Å². The second kappa shape index (κ2) is 8.13. The van der Waals surface area contributed by atoms with Gasteiger partial charge in [-0.1, -0.05) is 12.2 Å². The lowest BCUT2D eigenvalue weighted by Crippen LogP contribution is -2.41. The number of anilines is 1. The molecule has 0 aromatic carbocycles. The molecule has 0 fully saturated rings. The molecular weight excluding hydrogens is 360 g/mol. The van der Waals surface area contributed by atoms with Gasteiger partial charge in [-0.3, -0.25) is 9.59 Å². The fourth-order valence-electron chi connectivity index (χ4n) is 2.86. The second-order valence-corrected chi connectivity index (χ2v) is 6.83. The van der Waals surface area contributed by atoms with Gasteiger partial charge in [-0.05, 0) is 32.3 Å². The number of esters is 1. The summed E-state index contributed by atoms with van der Waals surface area (Å²) in [4.78, 5) is 47.8. The number of thiophene rings is 1. The summed E-state index contributed by atoms with van der Waals surface area (Å²) >= 11 is 0.876. The summed E-state index contributed by atoms with van der Waals surface area (Å²) < 4.78 is 4.94. The fraction of sp³-hybridized carbons (Fsp3) is 0.412. The molecule has 0 saturated carbocycles. The molecule has 1 aromatic rings. The standard InChI is InChI=1S/C17H20N2O6S/c1-3-25-17(24)12-8(2)11(13(18)20)15(26-12)19-14(21)9-6-4-5-7-10(9)16(22)23/h4-5,9-10H,3,6-7H2,1-2H3,(H2,18,20)(H,19,21)(H,22,23)/p-1/t9-,10-/m1/s1. The van der Waals surface area contributed by atoms with Crippen LogP contribution in [0.15, 0.2) is 12.2 Å². The van der Waals surface area contributed by atoms with Gasteiger partial charge in [0.15, 0.2) is 0 Å². The van der Waals surface area contributed by atoms with Crippen molar-refractivity contribution in [2.75, 3.05) is 11.9 Å². The van der Waals surface area contributed by atoms with Crippen LogP contribution in [0.4, 0.5) is 5.00 Å². The van der Waals surface area contributed by atoms with Crippen LogP contribution in [-0.4, -0.2) is 30.4 Å². The third kappa shape index (κ3) is 3.93. The number of hydrogen-bond donors (Lipinski definition) is 2. The van der Waals surface area contributed by atoms with Crippen molar-refractivity contribution in [1.29, 1.82) is 0 Å². The number of amides is 2. The zero-order chi connectivity index (χ0) is 19.4. The van der Waals surface area contributed by atoms with E-state index in [9.17, 15) is 24.3 Å². The Hall–Kier alpha value is -2.68. The smallest absolute Gasteiger partial charge is 0.348 e. The highest BCUT2D eigenvalue weighted by atomic mass is 32.1. The number of ether oxygens (including phenoxy) is 1. The van der Waals surface area contributed by atoms with Gasteiger partial charge >= 0.3 is 5.97 Å². The highest BCUT2D eigenvalue weighted by Gasteiger charge is 2.32. The van der Waals surface area contributed by atoms with E-state index in [0.29, 0.717) is 5.56 Å². The first-order valence-corrected chi connectivity index (χ1v) is 8.86. The predicted octanol–water partition coefficient (Wildman–Crippen LogP) is 0.603. The minimum atomic E-state index is -1.31. The largest absolute Gasteiger partial charge is 0.550 e. The molecule has 0 bridgehead atoms. The molecule has 0 saturated heterocycles. The normalized spacial score (nSPS) is 19.0. The zero-order valence-corrected chi connectivity index (χ0v) is 15.2. The molecule has 0 unspecified atom stereocenters. The molecule has 9 heteroatoms. The van der Waals surface area contributed by atoms with Gasteiger partial charge in [-0.2, -0.15) is 0 Å². The summed E-state index contributed by atoms with van der Waals surface area (Å²) in [5, 5.41) is 13.9. The van der Waals surface area contributed by atoms with Gasteiger partial charge in [0.2, 0.25) is 5.91 Å². The van der Waals surface area contributed by atoms with Crippen molar-refractivity contribution in [2.24, 2.45) is 17.6 Å². The van der Waals surface area contributed by atoms with E-state index in [-0.39, 0.29) is 34.9 Å². The van der Waals surface area contributed by atoms with Gasteiger partial charge in [0.25, 0.3) is 5.91 Å². The Labute approximate surface area is 154 Å². The number of rotatable bonds is 6. The third-order valence-corrected chi connectivity index (χ3v) is 5.35. The van der Waals surface area contributed by atoms with Crippen molar-refractivity contribution in [3.05, 3.63) is 28.2 Å². The molecule has 1 aliphatic carbocycles. The Morgan fingerprint density at radius 1 is 1.27 bits per heavy atom. The van der Waals surface area contributed by atoms with Crippen molar-refractivity contribution in [2.45, 2.75) is 26.7 Å². The first-order chi connectivity index (χ1) is 12.3. The summed E-state index contributed by atoms with van der Waals surface area (Å²) in [5.41, 5.74) is 5.71. The second-order valence-electron chi connectivity index (χ2n) is 5.81. The minimum absolute atomic E-state index is 0.0164. The van der Waals surface area contributed by atoms with E-state index in [1.165, 1.54) is 6.92 Å². The number of carbonyl (C=O) groups excluding carboxylic acids is 4. The number of nitrogens with one attached hydrogen (secondary N) is 1. The van der Waals surface area contributed by atoms with E-state index in [4.69, 9.17) is 10.5 Å². The summed E-state index contributed by atoms with van der Waals surface area (Å²) in [7, 11) is 0. The molecule has 2 atom stereocenters. The molecule has 2 rings (SSSR count). The highest BCUT2D eigenvalue weighted by Crippen LogP contribution is 2.35. The molecule has 1 heterocycles. The van der Waals surface area contributed by atoms with E-state index in [1.807, 2.05) is 0 Å². The van der Waals surface area contributed by atoms with Crippen molar-refractivity contribution in [3.8, 4) is 0 Å². The van der Waals surface area contributed by atoms with Gasteiger partial charge in [-0.25, -0.2) is 4.79 Å². The van der Waals surface area contributed by atoms with E-state index in [1.54, 1.807) is 19.1 Å². The van der Waals surface area contributed by atoms with E-state index in [2.05, 4.69) is 5.32 Å². The number of aliphatic carboxylic acids is 1. The molecule has 3 N–H and O–H groups in total. The van der Waals surface area contributed by atoms with Crippen LogP contribution in [0, 0.1) is 18.8 Å². The van der Waals surface area contributed by atoms with Crippen molar-refractivity contribution in [1.82, 2.24) is 0 Å². The van der Waals surface area contributed by atoms with Crippen LogP contribution < -0.4 is 16.2 Å². The molecule has 0 radical (unpaired) electrons. The Morgan fingerprint density at radius 2 is 1.88 bits per heavy atom. The van der Waals surface area contributed by atoms with E-state index >= 15 is 0 Å². The average Bonchev–Trinajstić information content (AvgIpc) is 2.91. The number of primary amides is 1. The lowest BCUT2D eigenvalue weighted by atomic mass is 9.82. The number of hydrogen-bond acceptors (Lipinski definition) is 7. The van der Waals surface area contributed by atoms with Crippen LogP contribution in [0.1, 0.15) is 45.4 Å². The average molecular weight is 379 g/mol. The maximum atomic E-state index is 12.6. The molecule has 140 valence electrons. The lowest BCUT2D eigenvalue weighted by molar-refractivity contribution is -0.313. The zero-order valence-electron chi connectivity index (χ0n) is 14.4. The summed E-state index contributed by atoms with van der Waals surface area (Å²) in [5.74, 6) is -5.08. The maximum Gasteiger partial charge on any atom is 0.348 e. The number of carbonyl (C=O) groups is 4. The molecule has 1 aromatic heterocycles. The summed E-state index contributed by atoms with van der Waals surface area (Å²) in [6, 6.07) is 0. The molecule has 8 nitrogen and oxygen atoms in total. The van der Waals surface area contributed by atoms with Crippen molar-refractivity contribution < 1.29 is 29.0 Å². The van der Waals surface area contributed by atoms with Gasteiger partial charge in [0.1, 0.15) is 9.88 Å². The number of allylic oxidation sites excluding steroid dienone is 2. The summed E-state index contributed by atoms with van der Waals surface area (Å²) in [6.45, 7) is 3.34. The number of nitrogens with two attached hydrogens (primary N) is 1. The third-order valence-electron chi connectivity index (χ3n) is 4.16. The molecule has 26 heavy (non-hydrogen) atoms. The van der Waals surface area contributed by atoms with Gasteiger partial charge in [-0.15, -0.1) is 11.3 Å². The Morgan fingerprint density at radius 3 is 2.42 bits per heavy atom. The van der Waals surface area contributed by atoms with Gasteiger partial charge in [0, 0.05) is 11.9 Å². The lowest BCUT2D eigenvalue weighted by Gasteiger charge is -2.28.